The largest absolute Gasteiger partial charge is 0.378 e. The zero-order valence-corrected chi connectivity index (χ0v) is 17.1. The Bertz CT molecular complexity index is 802. The lowest BCUT2D eigenvalue weighted by atomic mass is 9.77. The molecule has 4 rings (SSSR count). The van der Waals surface area contributed by atoms with Gasteiger partial charge in [0.2, 0.25) is 15.9 Å². The minimum Gasteiger partial charge on any atom is -0.378 e. The molecule has 0 aromatic carbocycles. The molecule has 1 spiro atoms. The first-order valence-electron chi connectivity index (χ1n) is 9.88. The molecule has 0 radical (unpaired) electrons. The number of pyridine rings is 1. The number of likely N-dealkylation sites (tertiary alicyclic amines) is 1. The van der Waals surface area contributed by atoms with Gasteiger partial charge in [-0.3, -0.25) is 14.7 Å². The van der Waals surface area contributed by atoms with Crippen molar-refractivity contribution in [1.29, 1.82) is 0 Å². The second kappa shape index (κ2) is 7.70. The van der Waals surface area contributed by atoms with Gasteiger partial charge in [0, 0.05) is 45.1 Å². The van der Waals surface area contributed by atoms with Gasteiger partial charge in [-0.2, -0.15) is 4.31 Å². The highest BCUT2D eigenvalue weighted by atomic mass is 32.2. The van der Waals surface area contributed by atoms with Crippen molar-refractivity contribution in [1.82, 2.24) is 19.1 Å². The summed E-state index contributed by atoms with van der Waals surface area (Å²) in [6, 6.07) is 3.12. The van der Waals surface area contributed by atoms with Gasteiger partial charge in [-0.1, -0.05) is 0 Å². The van der Waals surface area contributed by atoms with Crippen molar-refractivity contribution in [3.63, 3.8) is 0 Å². The number of hydrogen-bond acceptors (Lipinski definition) is 6. The highest BCUT2D eigenvalue weighted by Crippen LogP contribution is 2.44. The third-order valence-electron chi connectivity index (χ3n) is 6.41. The molecular formula is C19H28N4O4S. The van der Waals surface area contributed by atoms with E-state index in [4.69, 9.17) is 4.74 Å². The molecule has 0 N–H and O–H groups in total. The number of amides is 1. The van der Waals surface area contributed by atoms with E-state index in [1.807, 2.05) is 11.9 Å². The summed E-state index contributed by atoms with van der Waals surface area (Å²) < 4.78 is 32.6. The smallest absolute Gasteiger partial charge is 0.244 e. The zero-order chi connectivity index (χ0) is 19.8. The van der Waals surface area contributed by atoms with Crippen LogP contribution in [-0.4, -0.2) is 92.4 Å². The molecule has 28 heavy (non-hydrogen) atoms. The fraction of sp³-hybridized carbons (Fsp3) is 0.684. The van der Waals surface area contributed by atoms with Gasteiger partial charge >= 0.3 is 0 Å². The molecule has 3 fully saturated rings. The monoisotopic (exact) mass is 408 g/mol. The van der Waals surface area contributed by atoms with Crippen LogP contribution < -0.4 is 0 Å². The Hall–Kier alpha value is -1.55. The van der Waals surface area contributed by atoms with E-state index in [0.717, 1.165) is 25.8 Å². The number of morpholine rings is 1. The lowest BCUT2D eigenvalue weighted by Crippen LogP contribution is -2.48. The molecule has 0 bridgehead atoms. The van der Waals surface area contributed by atoms with E-state index >= 15 is 0 Å². The number of carbonyl (C=O) groups is 1. The fourth-order valence-corrected chi connectivity index (χ4v) is 6.16. The van der Waals surface area contributed by atoms with E-state index in [-0.39, 0.29) is 22.3 Å². The van der Waals surface area contributed by atoms with Crippen molar-refractivity contribution in [2.45, 2.75) is 30.2 Å². The maximum atomic E-state index is 13.0. The zero-order valence-electron chi connectivity index (χ0n) is 16.3. The van der Waals surface area contributed by atoms with Crippen LogP contribution in [-0.2, 0) is 19.6 Å². The Kier molecular flexibility index (Phi) is 5.43. The standard InChI is InChI=1S/C19H28N4O4S/c1-21-15-19(13-17(21)18(24)22-9-11-27-12-10-22)4-7-23(8-5-19)28(25,26)16-3-2-6-20-14-16/h2-3,6,14,17H,4-5,7-13,15H2,1H3. The molecule has 0 aliphatic carbocycles. The summed E-state index contributed by atoms with van der Waals surface area (Å²) in [6.07, 6.45) is 5.35. The third-order valence-corrected chi connectivity index (χ3v) is 8.29. The third kappa shape index (κ3) is 3.68. The molecule has 1 amide bonds. The van der Waals surface area contributed by atoms with E-state index in [0.29, 0.717) is 39.4 Å². The van der Waals surface area contributed by atoms with Crippen LogP contribution in [0.15, 0.2) is 29.4 Å². The lowest BCUT2D eigenvalue weighted by Gasteiger charge is -2.38. The summed E-state index contributed by atoms with van der Waals surface area (Å²) in [5.74, 6) is 0.188. The summed E-state index contributed by atoms with van der Waals surface area (Å²) in [6.45, 7) is 4.35. The van der Waals surface area contributed by atoms with Crippen LogP contribution in [0.4, 0.5) is 0 Å². The molecular weight excluding hydrogens is 380 g/mol. The van der Waals surface area contributed by atoms with E-state index < -0.39 is 10.0 Å². The van der Waals surface area contributed by atoms with Crippen LogP contribution in [0, 0.1) is 5.41 Å². The summed E-state index contributed by atoms with van der Waals surface area (Å²) >= 11 is 0. The SMILES string of the molecule is CN1CC2(CCN(S(=O)(=O)c3cccnc3)CC2)CC1C(=O)N1CCOCC1. The summed E-state index contributed by atoms with van der Waals surface area (Å²) in [5.41, 5.74) is 0.0162. The fourth-order valence-electron chi connectivity index (χ4n) is 4.75. The minimum atomic E-state index is -3.50. The van der Waals surface area contributed by atoms with Gasteiger partial charge in [-0.25, -0.2) is 8.42 Å². The first-order valence-corrected chi connectivity index (χ1v) is 11.3. The Morgan fingerprint density at radius 3 is 2.57 bits per heavy atom. The Morgan fingerprint density at radius 1 is 1.21 bits per heavy atom. The number of sulfonamides is 1. The van der Waals surface area contributed by atoms with Gasteiger partial charge in [-0.15, -0.1) is 0 Å². The quantitative estimate of drug-likeness (QED) is 0.721. The minimum absolute atomic E-state index is 0.0162. The summed E-state index contributed by atoms with van der Waals surface area (Å²) in [4.78, 5) is 21.2. The molecule has 3 saturated heterocycles. The maximum Gasteiger partial charge on any atom is 0.244 e. The van der Waals surface area contributed by atoms with Crippen molar-refractivity contribution in [2.24, 2.45) is 5.41 Å². The number of aromatic nitrogens is 1. The van der Waals surface area contributed by atoms with Gasteiger partial charge in [0.05, 0.1) is 19.3 Å². The maximum absolute atomic E-state index is 13.0. The second-order valence-corrected chi connectivity index (χ2v) is 10.1. The number of carbonyl (C=O) groups excluding carboxylic acids is 1. The number of piperidine rings is 1. The lowest BCUT2D eigenvalue weighted by molar-refractivity contribution is -0.139. The van der Waals surface area contributed by atoms with E-state index in [1.165, 1.54) is 6.20 Å². The molecule has 154 valence electrons. The van der Waals surface area contributed by atoms with Crippen molar-refractivity contribution >= 4 is 15.9 Å². The Morgan fingerprint density at radius 2 is 1.93 bits per heavy atom. The number of hydrogen-bond donors (Lipinski definition) is 0. The van der Waals surface area contributed by atoms with Crippen LogP contribution in [0.2, 0.25) is 0 Å². The van der Waals surface area contributed by atoms with Gasteiger partial charge < -0.3 is 9.64 Å². The van der Waals surface area contributed by atoms with E-state index in [9.17, 15) is 13.2 Å². The van der Waals surface area contributed by atoms with Crippen LogP contribution >= 0.6 is 0 Å². The Labute approximate surface area is 166 Å². The Balaban J connectivity index is 1.41. The van der Waals surface area contributed by atoms with E-state index in [1.54, 1.807) is 22.6 Å². The molecule has 1 atom stereocenters. The first kappa shape index (κ1) is 19.8. The van der Waals surface area contributed by atoms with Crippen molar-refractivity contribution in [2.75, 3.05) is 53.0 Å². The normalized spacial score (nSPS) is 26.6. The number of ether oxygens (including phenoxy) is 1. The van der Waals surface area contributed by atoms with Gasteiger partial charge in [-0.05, 0) is 43.9 Å². The predicted octanol–water partition coefficient (Wildman–Crippen LogP) is 0.415. The van der Waals surface area contributed by atoms with Crippen LogP contribution in [0.1, 0.15) is 19.3 Å². The van der Waals surface area contributed by atoms with Crippen molar-refractivity contribution < 1.29 is 17.9 Å². The number of rotatable bonds is 3. The summed E-state index contributed by atoms with van der Waals surface area (Å²) in [5, 5.41) is 0. The molecule has 3 aliphatic heterocycles. The van der Waals surface area contributed by atoms with Crippen molar-refractivity contribution in [3.8, 4) is 0 Å². The summed E-state index contributed by atoms with van der Waals surface area (Å²) in [7, 11) is -1.49. The van der Waals surface area contributed by atoms with E-state index in [2.05, 4.69) is 9.88 Å². The molecule has 0 saturated carbocycles. The molecule has 1 aromatic heterocycles. The molecule has 8 nitrogen and oxygen atoms in total. The van der Waals surface area contributed by atoms with Gasteiger partial charge in [0.15, 0.2) is 0 Å². The first-order chi connectivity index (χ1) is 13.4. The number of likely N-dealkylation sites (N-methyl/N-ethyl adjacent to an activating group) is 1. The van der Waals surface area contributed by atoms with Crippen LogP contribution in [0.3, 0.4) is 0 Å². The second-order valence-electron chi connectivity index (χ2n) is 8.17. The molecule has 9 heteroatoms. The highest BCUT2D eigenvalue weighted by molar-refractivity contribution is 7.89. The van der Waals surface area contributed by atoms with Gasteiger partial charge in [0.1, 0.15) is 4.90 Å². The van der Waals surface area contributed by atoms with Gasteiger partial charge in [0.25, 0.3) is 0 Å². The molecule has 3 aliphatic rings. The molecule has 4 heterocycles. The highest BCUT2D eigenvalue weighted by Gasteiger charge is 2.48. The average Bonchev–Trinajstić information content (AvgIpc) is 3.04. The molecule has 1 aromatic rings. The topological polar surface area (TPSA) is 83.1 Å². The number of nitrogens with zero attached hydrogens (tertiary/aromatic N) is 4. The average molecular weight is 409 g/mol. The predicted molar refractivity (Wildman–Crippen MR) is 103 cm³/mol. The van der Waals surface area contributed by atoms with Crippen LogP contribution in [0.5, 0.6) is 0 Å². The van der Waals surface area contributed by atoms with Crippen molar-refractivity contribution in [3.05, 3.63) is 24.5 Å². The van der Waals surface area contributed by atoms with Crippen LogP contribution in [0.25, 0.3) is 0 Å². The molecule has 1 unspecified atom stereocenters.